The standard InChI is InChI=1S/C13H20N6O2S/c1-10-5-7-11(8-6-10)12(18(2)3)9-14-22(20,21)13-15-17-19(4)16-13/h5-8,12,14H,9H2,1-4H3. The fourth-order valence-corrected chi connectivity index (χ4v) is 2.89. The van der Waals surface area contributed by atoms with Crippen LogP contribution < -0.4 is 4.72 Å². The van der Waals surface area contributed by atoms with Gasteiger partial charge in [0.2, 0.25) is 0 Å². The molecule has 8 nitrogen and oxygen atoms in total. The maximum absolute atomic E-state index is 12.2. The lowest BCUT2D eigenvalue weighted by Gasteiger charge is -2.24. The first-order valence-corrected chi connectivity index (χ1v) is 8.24. The van der Waals surface area contributed by atoms with E-state index in [9.17, 15) is 8.42 Å². The molecule has 0 aliphatic carbocycles. The van der Waals surface area contributed by atoms with Gasteiger partial charge in [0.15, 0.2) is 0 Å². The fourth-order valence-electron chi connectivity index (χ4n) is 2.01. The largest absolute Gasteiger partial charge is 0.303 e. The molecular formula is C13H20N6O2S. The number of benzene rings is 1. The molecule has 0 radical (unpaired) electrons. The summed E-state index contributed by atoms with van der Waals surface area (Å²) in [6, 6.07) is 7.91. The third kappa shape index (κ3) is 3.87. The van der Waals surface area contributed by atoms with E-state index in [1.807, 2.05) is 50.2 Å². The molecule has 2 aromatic rings. The molecule has 0 aliphatic heterocycles. The van der Waals surface area contributed by atoms with E-state index >= 15 is 0 Å². The first-order chi connectivity index (χ1) is 10.3. The van der Waals surface area contributed by atoms with Crippen molar-refractivity contribution in [1.29, 1.82) is 0 Å². The highest BCUT2D eigenvalue weighted by Gasteiger charge is 2.23. The summed E-state index contributed by atoms with van der Waals surface area (Å²) in [4.78, 5) is 3.06. The van der Waals surface area contributed by atoms with Crippen LogP contribution in [0.2, 0.25) is 0 Å². The van der Waals surface area contributed by atoms with Crippen LogP contribution in [0.3, 0.4) is 0 Å². The predicted octanol–water partition coefficient (Wildman–Crippen LogP) is 0.0997. The molecule has 1 unspecified atom stereocenters. The van der Waals surface area contributed by atoms with E-state index in [4.69, 9.17) is 0 Å². The number of aromatic nitrogens is 4. The third-order valence-electron chi connectivity index (χ3n) is 3.28. The maximum Gasteiger partial charge on any atom is 0.303 e. The van der Waals surface area contributed by atoms with Crippen molar-refractivity contribution >= 4 is 10.0 Å². The van der Waals surface area contributed by atoms with Crippen molar-refractivity contribution in [3.8, 4) is 0 Å². The lowest BCUT2D eigenvalue weighted by atomic mass is 10.0. The summed E-state index contributed by atoms with van der Waals surface area (Å²) in [6.07, 6.45) is 0. The quantitative estimate of drug-likeness (QED) is 0.810. The molecule has 2 rings (SSSR count). The van der Waals surface area contributed by atoms with E-state index in [0.717, 1.165) is 15.9 Å². The Morgan fingerprint density at radius 2 is 1.91 bits per heavy atom. The van der Waals surface area contributed by atoms with Crippen molar-refractivity contribution in [2.75, 3.05) is 20.6 Å². The Labute approximate surface area is 130 Å². The molecule has 0 amide bonds. The molecule has 0 spiro atoms. The number of tetrazole rings is 1. The van der Waals surface area contributed by atoms with Crippen LogP contribution in [0.15, 0.2) is 29.4 Å². The van der Waals surface area contributed by atoms with Crippen LogP contribution in [-0.2, 0) is 17.1 Å². The number of nitrogens with one attached hydrogen (secondary N) is 1. The highest BCUT2D eigenvalue weighted by molar-refractivity contribution is 7.89. The van der Waals surface area contributed by atoms with E-state index in [1.165, 1.54) is 7.05 Å². The minimum Gasteiger partial charge on any atom is -0.301 e. The first-order valence-electron chi connectivity index (χ1n) is 6.76. The third-order valence-corrected chi connectivity index (χ3v) is 4.47. The zero-order valence-electron chi connectivity index (χ0n) is 13.1. The lowest BCUT2D eigenvalue weighted by Crippen LogP contribution is -2.35. The average molecular weight is 324 g/mol. The second-order valence-electron chi connectivity index (χ2n) is 5.30. The molecule has 1 aromatic heterocycles. The summed E-state index contributed by atoms with van der Waals surface area (Å²) in [5.74, 6) is 0. The number of hydrogen-bond donors (Lipinski definition) is 1. The van der Waals surface area contributed by atoms with Gasteiger partial charge in [-0.05, 0) is 31.8 Å². The van der Waals surface area contributed by atoms with Crippen LogP contribution in [0.4, 0.5) is 0 Å². The van der Waals surface area contributed by atoms with Gasteiger partial charge in [0.1, 0.15) is 0 Å². The minimum absolute atomic E-state index is 0.0907. The summed E-state index contributed by atoms with van der Waals surface area (Å²) in [7, 11) is 1.55. The van der Waals surface area contributed by atoms with Gasteiger partial charge in [0.05, 0.1) is 7.05 Å². The van der Waals surface area contributed by atoms with Gasteiger partial charge in [-0.15, -0.1) is 5.10 Å². The number of sulfonamides is 1. The molecule has 1 atom stereocenters. The van der Waals surface area contributed by atoms with Crippen molar-refractivity contribution in [3.05, 3.63) is 35.4 Å². The molecule has 0 aliphatic rings. The topological polar surface area (TPSA) is 93.0 Å². The molecule has 1 heterocycles. The highest BCUT2D eigenvalue weighted by Crippen LogP contribution is 2.18. The summed E-state index contributed by atoms with van der Waals surface area (Å²) < 4.78 is 26.8. The second kappa shape index (κ2) is 6.51. The average Bonchev–Trinajstić information content (AvgIpc) is 2.88. The van der Waals surface area contributed by atoms with Crippen molar-refractivity contribution in [1.82, 2.24) is 29.8 Å². The van der Waals surface area contributed by atoms with Gasteiger partial charge in [0, 0.05) is 12.6 Å². The van der Waals surface area contributed by atoms with Gasteiger partial charge in [-0.25, -0.2) is 13.1 Å². The van der Waals surface area contributed by atoms with Gasteiger partial charge in [0.25, 0.3) is 10.0 Å². The molecule has 1 N–H and O–H groups in total. The summed E-state index contributed by atoms with van der Waals surface area (Å²) in [6.45, 7) is 2.23. The number of aryl methyl sites for hydroxylation is 2. The number of nitrogens with zero attached hydrogens (tertiary/aromatic N) is 5. The van der Waals surface area contributed by atoms with E-state index < -0.39 is 10.0 Å². The number of likely N-dealkylation sites (N-methyl/N-ethyl adjacent to an activating group) is 1. The molecule has 120 valence electrons. The van der Waals surface area contributed by atoms with Gasteiger partial charge >= 0.3 is 5.16 Å². The summed E-state index contributed by atoms with van der Waals surface area (Å²) >= 11 is 0. The zero-order valence-corrected chi connectivity index (χ0v) is 13.9. The van der Waals surface area contributed by atoms with Crippen molar-refractivity contribution in [3.63, 3.8) is 0 Å². The van der Waals surface area contributed by atoms with E-state index in [1.54, 1.807) is 0 Å². The van der Waals surface area contributed by atoms with E-state index in [2.05, 4.69) is 20.1 Å². The molecule has 0 saturated heterocycles. The Morgan fingerprint density at radius 1 is 1.27 bits per heavy atom. The maximum atomic E-state index is 12.2. The molecule has 9 heteroatoms. The van der Waals surface area contributed by atoms with Crippen LogP contribution in [-0.4, -0.2) is 54.2 Å². The van der Waals surface area contributed by atoms with Crippen LogP contribution in [0.25, 0.3) is 0 Å². The number of hydrogen-bond acceptors (Lipinski definition) is 6. The van der Waals surface area contributed by atoms with E-state index in [0.29, 0.717) is 0 Å². The van der Waals surface area contributed by atoms with E-state index in [-0.39, 0.29) is 17.7 Å². The smallest absolute Gasteiger partial charge is 0.301 e. The van der Waals surface area contributed by atoms with Crippen LogP contribution >= 0.6 is 0 Å². The molecule has 0 bridgehead atoms. The van der Waals surface area contributed by atoms with Crippen molar-refractivity contribution < 1.29 is 8.42 Å². The normalized spacial score (nSPS) is 13.5. The fraction of sp³-hybridized carbons (Fsp3) is 0.462. The Kier molecular flexibility index (Phi) is 4.89. The summed E-state index contributed by atoms with van der Waals surface area (Å²) in [5.41, 5.74) is 2.19. The minimum atomic E-state index is -3.77. The monoisotopic (exact) mass is 324 g/mol. The molecule has 22 heavy (non-hydrogen) atoms. The Balaban J connectivity index is 2.14. The Hall–Kier alpha value is -1.84. The van der Waals surface area contributed by atoms with Gasteiger partial charge in [-0.1, -0.05) is 34.9 Å². The van der Waals surface area contributed by atoms with Crippen molar-refractivity contribution in [2.24, 2.45) is 7.05 Å². The zero-order chi connectivity index (χ0) is 16.3. The lowest BCUT2D eigenvalue weighted by molar-refractivity contribution is 0.299. The van der Waals surface area contributed by atoms with Crippen LogP contribution in [0.5, 0.6) is 0 Å². The Morgan fingerprint density at radius 3 is 2.41 bits per heavy atom. The predicted molar refractivity (Wildman–Crippen MR) is 81.6 cm³/mol. The SMILES string of the molecule is Cc1ccc(C(CNS(=O)(=O)c2nnn(C)n2)N(C)C)cc1. The number of rotatable bonds is 6. The van der Waals surface area contributed by atoms with Gasteiger partial charge < -0.3 is 4.90 Å². The van der Waals surface area contributed by atoms with Crippen LogP contribution in [0.1, 0.15) is 17.2 Å². The highest BCUT2D eigenvalue weighted by atomic mass is 32.2. The van der Waals surface area contributed by atoms with Gasteiger partial charge in [-0.3, -0.25) is 0 Å². The molecule has 0 fully saturated rings. The molecular weight excluding hydrogens is 304 g/mol. The second-order valence-corrected chi connectivity index (χ2v) is 6.96. The molecule has 1 aromatic carbocycles. The Bertz CT molecular complexity index is 723. The summed E-state index contributed by atoms with van der Waals surface area (Å²) in [5, 5.41) is 10.5. The van der Waals surface area contributed by atoms with Crippen LogP contribution in [0, 0.1) is 6.92 Å². The van der Waals surface area contributed by atoms with Crippen molar-refractivity contribution in [2.45, 2.75) is 18.1 Å². The first kappa shape index (κ1) is 16.5. The van der Waals surface area contributed by atoms with Gasteiger partial charge in [-0.2, -0.15) is 4.80 Å². The molecule has 0 saturated carbocycles.